The van der Waals surface area contributed by atoms with Crippen LogP contribution in [0.3, 0.4) is 0 Å². The van der Waals surface area contributed by atoms with E-state index in [4.69, 9.17) is 31.3 Å². The number of fused-ring (bicyclic) bond motifs is 2. The van der Waals surface area contributed by atoms with Gasteiger partial charge in [-0.25, -0.2) is 15.0 Å². The molecular weight excluding hydrogens is 360 g/mol. The number of aromatic nitrogens is 4. The standard InChI is InChI=1S/C21H21ClN4O/c1-14(2)27-12-6-11-26-20(15-7-5-8-16(22)13-15)25-19-21(26)24-18-10-4-3-9-17(18)23-19/h3-5,7-10,13-14H,6,11-12H2,1-2H3. The Bertz CT molecular complexity index is 1090. The molecule has 2 aromatic heterocycles. The lowest BCUT2D eigenvalue weighted by atomic mass is 10.2. The van der Waals surface area contributed by atoms with Crippen LogP contribution in [0.4, 0.5) is 0 Å². The van der Waals surface area contributed by atoms with Gasteiger partial charge in [-0.1, -0.05) is 35.9 Å². The highest BCUT2D eigenvalue weighted by Crippen LogP contribution is 2.26. The van der Waals surface area contributed by atoms with Crippen molar-refractivity contribution in [1.29, 1.82) is 0 Å². The van der Waals surface area contributed by atoms with Crippen molar-refractivity contribution in [2.45, 2.75) is 32.9 Å². The summed E-state index contributed by atoms with van der Waals surface area (Å²) in [5.41, 5.74) is 4.09. The van der Waals surface area contributed by atoms with E-state index < -0.39 is 0 Å². The van der Waals surface area contributed by atoms with Gasteiger partial charge in [0.2, 0.25) is 0 Å². The van der Waals surface area contributed by atoms with Gasteiger partial charge in [0.05, 0.1) is 17.1 Å². The normalized spacial score (nSPS) is 11.7. The Morgan fingerprint density at radius 3 is 2.52 bits per heavy atom. The number of hydrogen-bond donors (Lipinski definition) is 0. The maximum absolute atomic E-state index is 6.20. The van der Waals surface area contributed by atoms with E-state index in [1.807, 2.05) is 62.4 Å². The Labute approximate surface area is 163 Å². The minimum Gasteiger partial charge on any atom is -0.379 e. The van der Waals surface area contributed by atoms with Crippen molar-refractivity contribution in [2.24, 2.45) is 0 Å². The van der Waals surface area contributed by atoms with Crippen molar-refractivity contribution in [2.75, 3.05) is 6.61 Å². The van der Waals surface area contributed by atoms with E-state index >= 15 is 0 Å². The van der Waals surface area contributed by atoms with E-state index in [1.165, 1.54) is 0 Å². The summed E-state index contributed by atoms with van der Waals surface area (Å²) in [5.74, 6) is 0.826. The Hall–Kier alpha value is -2.50. The number of ether oxygens (including phenoxy) is 1. The van der Waals surface area contributed by atoms with Gasteiger partial charge >= 0.3 is 0 Å². The van der Waals surface area contributed by atoms with Crippen molar-refractivity contribution >= 4 is 33.9 Å². The summed E-state index contributed by atoms with van der Waals surface area (Å²) in [5, 5.41) is 0.681. The molecule has 27 heavy (non-hydrogen) atoms. The van der Waals surface area contributed by atoms with Crippen molar-refractivity contribution in [1.82, 2.24) is 19.5 Å². The van der Waals surface area contributed by atoms with E-state index in [0.717, 1.165) is 41.0 Å². The van der Waals surface area contributed by atoms with E-state index in [-0.39, 0.29) is 6.10 Å². The Morgan fingerprint density at radius 1 is 1.00 bits per heavy atom. The molecule has 0 saturated heterocycles. The molecule has 4 aromatic rings. The summed E-state index contributed by atoms with van der Waals surface area (Å²) in [4.78, 5) is 14.3. The average Bonchev–Trinajstić information content (AvgIpc) is 3.00. The third kappa shape index (κ3) is 3.80. The molecule has 0 N–H and O–H groups in total. The van der Waals surface area contributed by atoms with E-state index in [0.29, 0.717) is 17.3 Å². The Morgan fingerprint density at radius 2 is 1.78 bits per heavy atom. The van der Waals surface area contributed by atoms with E-state index in [1.54, 1.807) is 0 Å². The number of benzene rings is 2. The van der Waals surface area contributed by atoms with E-state index in [2.05, 4.69) is 4.57 Å². The molecule has 6 heteroatoms. The van der Waals surface area contributed by atoms with E-state index in [9.17, 15) is 0 Å². The minimum absolute atomic E-state index is 0.223. The Kier molecular flexibility index (Phi) is 5.05. The van der Waals surface area contributed by atoms with Gasteiger partial charge in [0, 0.05) is 23.7 Å². The number of halogens is 1. The Balaban J connectivity index is 1.81. The summed E-state index contributed by atoms with van der Waals surface area (Å²) in [6.45, 7) is 5.52. The highest BCUT2D eigenvalue weighted by Gasteiger charge is 2.16. The topological polar surface area (TPSA) is 52.8 Å². The molecule has 5 nitrogen and oxygen atoms in total. The second kappa shape index (κ2) is 7.62. The second-order valence-corrected chi connectivity index (χ2v) is 7.17. The molecule has 0 unspecified atom stereocenters. The maximum Gasteiger partial charge on any atom is 0.198 e. The molecule has 0 fully saturated rings. The average molecular weight is 381 g/mol. The lowest BCUT2D eigenvalue weighted by Crippen LogP contribution is -2.08. The summed E-state index contributed by atoms with van der Waals surface area (Å²) in [6.07, 6.45) is 1.09. The van der Waals surface area contributed by atoms with Gasteiger partial charge in [0.1, 0.15) is 5.82 Å². The predicted molar refractivity (Wildman–Crippen MR) is 109 cm³/mol. The minimum atomic E-state index is 0.223. The quantitative estimate of drug-likeness (QED) is 0.436. The first kappa shape index (κ1) is 17.9. The zero-order valence-corrected chi connectivity index (χ0v) is 16.1. The fourth-order valence-corrected chi connectivity index (χ4v) is 3.29. The molecule has 0 aliphatic rings. The van der Waals surface area contributed by atoms with Crippen molar-refractivity contribution < 1.29 is 4.74 Å². The van der Waals surface area contributed by atoms with Gasteiger partial charge in [-0.2, -0.15) is 0 Å². The van der Waals surface area contributed by atoms with Gasteiger partial charge in [-0.15, -0.1) is 0 Å². The lowest BCUT2D eigenvalue weighted by molar-refractivity contribution is 0.0750. The molecule has 0 aliphatic heterocycles. The molecule has 0 atom stereocenters. The molecule has 4 rings (SSSR count). The third-order valence-corrected chi connectivity index (χ3v) is 4.55. The summed E-state index contributed by atoms with van der Waals surface area (Å²) in [6, 6.07) is 15.6. The summed E-state index contributed by atoms with van der Waals surface area (Å²) in [7, 11) is 0. The summed E-state index contributed by atoms with van der Waals surface area (Å²) >= 11 is 6.20. The molecule has 0 bridgehead atoms. The van der Waals surface area contributed by atoms with Crippen molar-refractivity contribution in [3.05, 3.63) is 53.6 Å². The SMILES string of the molecule is CC(C)OCCCn1c(-c2cccc(Cl)c2)nc2nc3ccccc3nc21. The van der Waals surface area contributed by atoms with Gasteiger partial charge in [0.15, 0.2) is 11.3 Å². The monoisotopic (exact) mass is 380 g/mol. The molecule has 0 radical (unpaired) electrons. The molecule has 0 amide bonds. The van der Waals surface area contributed by atoms with Crippen LogP contribution in [0.1, 0.15) is 20.3 Å². The third-order valence-electron chi connectivity index (χ3n) is 4.32. The number of nitrogens with zero attached hydrogens (tertiary/aromatic N) is 4. The van der Waals surface area contributed by atoms with Crippen LogP contribution >= 0.6 is 11.6 Å². The second-order valence-electron chi connectivity index (χ2n) is 6.73. The van der Waals surface area contributed by atoms with Crippen LogP contribution in [0.2, 0.25) is 5.02 Å². The first-order valence-electron chi connectivity index (χ1n) is 9.12. The zero-order valence-electron chi connectivity index (χ0n) is 15.4. The lowest BCUT2D eigenvalue weighted by Gasteiger charge is -2.11. The van der Waals surface area contributed by atoms with Gasteiger partial charge in [-0.05, 0) is 44.5 Å². The fourth-order valence-electron chi connectivity index (χ4n) is 3.10. The zero-order chi connectivity index (χ0) is 18.8. The largest absolute Gasteiger partial charge is 0.379 e. The van der Waals surface area contributed by atoms with Crippen LogP contribution in [-0.2, 0) is 11.3 Å². The van der Waals surface area contributed by atoms with Crippen molar-refractivity contribution in [3.8, 4) is 11.4 Å². The number of imidazole rings is 1. The molecule has 0 saturated carbocycles. The molecule has 0 spiro atoms. The van der Waals surface area contributed by atoms with Crippen LogP contribution in [0.25, 0.3) is 33.7 Å². The van der Waals surface area contributed by atoms with Gasteiger partial charge in [0.25, 0.3) is 0 Å². The van der Waals surface area contributed by atoms with Crippen LogP contribution in [0.5, 0.6) is 0 Å². The van der Waals surface area contributed by atoms with Gasteiger partial charge < -0.3 is 9.30 Å². The number of hydrogen-bond acceptors (Lipinski definition) is 4. The van der Waals surface area contributed by atoms with Crippen molar-refractivity contribution in [3.63, 3.8) is 0 Å². The predicted octanol–water partition coefficient (Wildman–Crippen LogP) is 5.12. The molecular formula is C21H21ClN4O. The number of para-hydroxylation sites is 2. The first-order valence-corrected chi connectivity index (χ1v) is 9.50. The van der Waals surface area contributed by atoms with Crippen LogP contribution in [0, 0.1) is 0 Å². The fraction of sp³-hybridized carbons (Fsp3) is 0.286. The molecule has 0 aliphatic carbocycles. The highest BCUT2D eigenvalue weighted by atomic mass is 35.5. The first-order chi connectivity index (χ1) is 13.1. The number of rotatable bonds is 6. The maximum atomic E-state index is 6.20. The molecule has 138 valence electrons. The molecule has 2 heterocycles. The van der Waals surface area contributed by atoms with Crippen LogP contribution in [0.15, 0.2) is 48.5 Å². The van der Waals surface area contributed by atoms with Gasteiger partial charge in [-0.3, -0.25) is 0 Å². The van der Waals surface area contributed by atoms with Crippen LogP contribution < -0.4 is 0 Å². The molecule has 2 aromatic carbocycles. The van der Waals surface area contributed by atoms with Crippen LogP contribution in [-0.4, -0.2) is 32.2 Å². The number of aryl methyl sites for hydroxylation is 1. The highest BCUT2D eigenvalue weighted by molar-refractivity contribution is 6.30. The smallest absolute Gasteiger partial charge is 0.198 e. The summed E-state index contributed by atoms with van der Waals surface area (Å²) < 4.78 is 7.81.